The molecule has 7 heteroatoms. The lowest BCUT2D eigenvalue weighted by Gasteiger charge is -2.12. The molecular weight excluding hydrogens is 262 g/mol. The molecule has 3 nitrogen and oxygen atoms in total. The predicted molar refractivity (Wildman–Crippen MR) is 63.3 cm³/mol. The van der Waals surface area contributed by atoms with Gasteiger partial charge < -0.3 is 11.1 Å². The summed E-state index contributed by atoms with van der Waals surface area (Å²) in [4.78, 5) is 3.78. The largest absolute Gasteiger partial charge is 0.419 e. The number of nitrogens with zero attached hydrogens (tertiary/aromatic N) is 1. The van der Waals surface area contributed by atoms with Crippen molar-refractivity contribution in [2.45, 2.75) is 6.18 Å². The zero-order chi connectivity index (χ0) is 14.0. The SMILES string of the molecule is Nc1ncccc1Nc1ccc(F)c(C(F)(F)F)c1. The molecule has 0 unspecified atom stereocenters. The Kier molecular flexibility index (Phi) is 3.28. The number of nitrogens with one attached hydrogen (secondary N) is 1. The highest BCUT2D eigenvalue weighted by Gasteiger charge is 2.34. The van der Waals surface area contributed by atoms with E-state index >= 15 is 0 Å². The van der Waals surface area contributed by atoms with E-state index in [1.165, 1.54) is 12.3 Å². The first-order chi connectivity index (χ1) is 8.88. The number of nitrogens with two attached hydrogens (primary N) is 1. The molecule has 0 amide bonds. The second-order valence-electron chi connectivity index (χ2n) is 3.75. The zero-order valence-electron chi connectivity index (χ0n) is 9.50. The van der Waals surface area contributed by atoms with Crippen LogP contribution in [0.3, 0.4) is 0 Å². The maximum atomic E-state index is 13.1. The number of pyridine rings is 1. The molecule has 2 rings (SSSR count). The second kappa shape index (κ2) is 4.75. The molecule has 0 spiro atoms. The van der Waals surface area contributed by atoms with Crippen molar-refractivity contribution in [2.75, 3.05) is 11.1 Å². The number of benzene rings is 1. The summed E-state index contributed by atoms with van der Waals surface area (Å²) in [6, 6.07) is 5.75. The van der Waals surface area contributed by atoms with Crippen LogP contribution in [0.4, 0.5) is 34.8 Å². The summed E-state index contributed by atoms with van der Waals surface area (Å²) in [6.45, 7) is 0. The highest BCUT2D eigenvalue weighted by molar-refractivity contribution is 5.69. The Morgan fingerprint density at radius 1 is 1.16 bits per heavy atom. The molecule has 0 bridgehead atoms. The molecule has 0 saturated carbocycles. The minimum absolute atomic E-state index is 0.0772. The third-order valence-electron chi connectivity index (χ3n) is 2.39. The van der Waals surface area contributed by atoms with Gasteiger partial charge in [-0.15, -0.1) is 0 Å². The van der Waals surface area contributed by atoms with Crippen LogP contribution in [0.2, 0.25) is 0 Å². The molecule has 1 aromatic carbocycles. The van der Waals surface area contributed by atoms with E-state index < -0.39 is 17.6 Å². The van der Waals surface area contributed by atoms with Crippen molar-refractivity contribution in [1.29, 1.82) is 0 Å². The highest BCUT2D eigenvalue weighted by Crippen LogP contribution is 2.33. The molecule has 0 aliphatic rings. The Morgan fingerprint density at radius 3 is 2.53 bits per heavy atom. The number of alkyl halides is 3. The van der Waals surface area contributed by atoms with Gasteiger partial charge in [-0.25, -0.2) is 9.37 Å². The van der Waals surface area contributed by atoms with Gasteiger partial charge in [-0.2, -0.15) is 13.2 Å². The van der Waals surface area contributed by atoms with E-state index in [1.807, 2.05) is 0 Å². The van der Waals surface area contributed by atoms with Gasteiger partial charge in [0.15, 0.2) is 0 Å². The lowest BCUT2D eigenvalue weighted by molar-refractivity contribution is -0.139. The van der Waals surface area contributed by atoms with Crippen molar-refractivity contribution >= 4 is 17.2 Å². The van der Waals surface area contributed by atoms with E-state index in [0.717, 1.165) is 6.07 Å². The summed E-state index contributed by atoms with van der Waals surface area (Å²) in [6.07, 6.45) is -3.30. The Hall–Kier alpha value is -2.31. The van der Waals surface area contributed by atoms with Gasteiger partial charge in [0, 0.05) is 11.9 Å². The van der Waals surface area contributed by atoms with E-state index in [2.05, 4.69) is 10.3 Å². The smallest absolute Gasteiger partial charge is 0.382 e. The zero-order valence-corrected chi connectivity index (χ0v) is 9.50. The minimum atomic E-state index is -4.75. The number of anilines is 3. The second-order valence-corrected chi connectivity index (χ2v) is 3.75. The van der Waals surface area contributed by atoms with Crippen molar-refractivity contribution < 1.29 is 17.6 Å². The molecule has 0 radical (unpaired) electrons. The third kappa shape index (κ3) is 2.93. The normalized spacial score (nSPS) is 11.4. The van der Waals surface area contributed by atoms with Crippen molar-refractivity contribution in [3.8, 4) is 0 Å². The number of hydrogen-bond acceptors (Lipinski definition) is 3. The van der Waals surface area contributed by atoms with Crippen LogP contribution < -0.4 is 11.1 Å². The Morgan fingerprint density at radius 2 is 1.89 bits per heavy atom. The van der Waals surface area contributed by atoms with Crippen LogP contribution in [0.25, 0.3) is 0 Å². The fourth-order valence-electron chi connectivity index (χ4n) is 1.50. The van der Waals surface area contributed by atoms with Crippen LogP contribution in [-0.4, -0.2) is 4.98 Å². The average Bonchev–Trinajstić information content (AvgIpc) is 2.33. The molecule has 100 valence electrons. The van der Waals surface area contributed by atoms with Crippen LogP contribution in [0.1, 0.15) is 5.56 Å². The first kappa shape index (κ1) is 13.1. The van der Waals surface area contributed by atoms with Crippen LogP contribution in [0.15, 0.2) is 36.5 Å². The number of halogens is 4. The van der Waals surface area contributed by atoms with Crippen molar-refractivity contribution in [3.05, 3.63) is 47.9 Å². The topological polar surface area (TPSA) is 50.9 Å². The first-order valence-electron chi connectivity index (χ1n) is 5.22. The van der Waals surface area contributed by atoms with Crippen molar-refractivity contribution in [3.63, 3.8) is 0 Å². The van der Waals surface area contributed by atoms with E-state index in [0.29, 0.717) is 11.8 Å². The Balaban J connectivity index is 2.35. The summed E-state index contributed by atoms with van der Waals surface area (Å²) in [7, 11) is 0. The minimum Gasteiger partial charge on any atom is -0.382 e. The Labute approximate surface area is 106 Å². The van der Waals surface area contributed by atoms with Crippen LogP contribution in [0, 0.1) is 5.82 Å². The van der Waals surface area contributed by atoms with Gasteiger partial charge in [-0.3, -0.25) is 0 Å². The van der Waals surface area contributed by atoms with Gasteiger partial charge in [0.2, 0.25) is 0 Å². The number of aromatic nitrogens is 1. The average molecular weight is 271 g/mol. The molecule has 2 aromatic rings. The van der Waals surface area contributed by atoms with E-state index in [4.69, 9.17) is 5.73 Å². The lowest BCUT2D eigenvalue weighted by Crippen LogP contribution is -2.09. The summed E-state index contributed by atoms with van der Waals surface area (Å²) in [5.41, 5.74) is 4.65. The molecular formula is C12H9F4N3. The van der Waals surface area contributed by atoms with Gasteiger partial charge in [0.25, 0.3) is 0 Å². The summed E-state index contributed by atoms with van der Waals surface area (Å²) in [5, 5.41) is 2.66. The standard InChI is InChI=1S/C12H9F4N3/c13-9-4-3-7(6-8(9)12(14,15)16)19-10-2-1-5-18-11(10)17/h1-6,19H,(H2,17,18). The predicted octanol–water partition coefficient (Wildman–Crippen LogP) is 3.57. The highest BCUT2D eigenvalue weighted by atomic mass is 19.4. The molecule has 3 N–H and O–H groups in total. The van der Waals surface area contributed by atoms with E-state index in [1.54, 1.807) is 12.1 Å². The van der Waals surface area contributed by atoms with Gasteiger partial charge in [-0.1, -0.05) is 0 Å². The first-order valence-corrected chi connectivity index (χ1v) is 5.22. The molecule has 0 aliphatic heterocycles. The van der Waals surface area contributed by atoms with E-state index in [-0.39, 0.29) is 11.5 Å². The number of nitrogen functional groups attached to an aromatic ring is 1. The fraction of sp³-hybridized carbons (Fsp3) is 0.0833. The quantitative estimate of drug-likeness (QED) is 0.821. The molecule has 1 heterocycles. The monoisotopic (exact) mass is 271 g/mol. The number of rotatable bonds is 2. The van der Waals surface area contributed by atoms with Crippen LogP contribution >= 0.6 is 0 Å². The van der Waals surface area contributed by atoms with Gasteiger partial charge in [-0.05, 0) is 30.3 Å². The number of hydrogen-bond donors (Lipinski definition) is 2. The maximum Gasteiger partial charge on any atom is 0.419 e. The van der Waals surface area contributed by atoms with Crippen molar-refractivity contribution in [2.24, 2.45) is 0 Å². The maximum absolute atomic E-state index is 13.1. The van der Waals surface area contributed by atoms with Crippen LogP contribution in [0.5, 0.6) is 0 Å². The van der Waals surface area contributed by atoms with E-state index in [9.17, 15) is 17.6 Å². The Bertz CT molecular complexity index is 596. The van der Waals surface area contributed by atoms with Crippen LogP contribution in [-0.2, 0) is 6.18 Å². The van der Waals surface area contributed by atoms with Gasteiger partial charge in [0.1, 0.15) is 11.6 Å². The molecule has 19 heavy (non-hydrogen) atoms. The van der Waals surface area contributed by atoms with Crippen molar-refractivity contribution in [1.82, 2.24) is 4.98 Å². The summed E-state index contributed by atoms with van der Waals surface area (Å²) >= 11 is 0. The summed E-state index contributed by atoms with van der Waals surface area (Å²) < 4.78 is 50.7. The summed E-state index contributed by atoms with van der Waals surface area (Å²) in [5.74, 6) is -1.18. The molecule has 0 atom stereocenters. The fourth-order valence-corrected chi connectivity index (χ4v) is 1.50. The molecule has 0 fully saturated rings. The third-order valence-corrected chi connectivity index (χ3v) is 2.39. The lowest BCUT2D eigenvalue weighted by atomic mass is 10.1. The molecule has 1 aromatic heterocycles. The molecule has 0 saturated heterocycles. The van der Waals surface area contributed by atoms with Gasteiger partial charge in [0.05, 0.1) is 11.3 Å². The van der Waals surface area contributed by atoms with Gasteiger partial charge >= 0.3 is 6.18 Å². The molecule has 0 aliphatic carbocycles.